The number of likely N-dealkylation sites (N-methyl/N-ethyl adjacent to an activating group) is 1. The summed E-state index contributed by atoms with van der Waals surface area (Å²) >= 11 is 0. The Bertz CT molecular complexity index is 1320. The summed E-state index contributed by atoms with van der Waals surface area (Å²) in [6, 6.07) is 19.2. The number of aromatic nitrogens is 3. The molecule has 3 heterocycles. The average Bonchev–Trinajstić information content (AvgIpc) is 3.31. The largest absolute Gasteiger partial charge is 0.457 e. The SMILES string of the molecule is CN1CCN(C2CCC(n3cc(-c4ccc(Oc5ccccc5)cc4)c4c(N)ncnc43)CC2)CC1.Cl.Cl.Cl. The number of piperazine rings is 1. The molecule has 0 unspecified atom stereocenters. The second kappa shape index (κ2) is 13.7. The van der Waals surface area contributed by atoms with Crippen molar-refractivity contribution in [1.82, 2.24) is 24.3 Å². The Morgan fingerprint density at radius 2 is 1.38 bits per heavy atom. The van der Waals surface area contributed by atoms with E-state index < -0.39 is 0 Å². The third-order valence-corrected chi connectivity index (χ3v) is 7.90. The van der Waals surface area contributed by atoms with Crippen LogP contribution < -0.4 is 10.5 Å². The molecule has 2 aromatic heterocycles. The first-order chi connectivity index (χ1) is 17.7. The van der Waals surface area contributed by atoms with E-state index in [1.54, 1.807) is 6.33 Å². The number of anilines is 1. The normalized spacial score (nSPS) is 19.9. The molecule has 2 aromatic carbocycles. The van der Waals surface area contributed by atoms with Gasteiger partial charge in [0, 0.05) is 50.0 Å². The molecule has 7 nitrogen and oxygen atoms in total. The minimum atomic E-state index is 0. The maximum absolute atomic E-state index is 6.40. The van der Waals surface area contributed by atoms with E-state index in [4.69, 9.17) is 10.5 Å². The molecule has 1 saturated carbocycles. The average molecular weight is 592 g/mol. The second-order valence-electron chi connectivity index (χ2n) is 10.1. The highest BCUT2D eigenvalue weighted by molar-refractivity contribution is 6.00. The van der Waals surface area contributed by atoms with Crippen LogP contribution in [0.2, 0.25) is 0 Å². The molecule has 0 spiro atoms. The van der Waals surface area contributed by atoms with Crippen LogP contribution in [0.4, 0.5) is 5.82 Å². The van der Waals surface area contributed by atoms with Crippen LogP contribution in [0.3, 0.4) is 0 Å². The fourth-order valence-corrected chi connectivity index (χ4v) is 5.82. The highest BCUT2D eigenvalue weighted by atomic mass is 35.5. The second-order valence-corrected chi connectivity index (χ2v) is 10.1. The Morgan fingerprint density at radius 1 is 0.769 bits per heavy atom. The van der Waals surface area contributed by atoms with Crippen LogP contribution >= 0.6 is 37.2 Å². The topological polar surface area (TPSA) is 72.4 Å². The van der Waals surface area contributed by atoms with Gasteiger partial charge in [0.1, 0.15) is 29.3 Å². The van der Waals surface area contributed by atoms with Crippen LogP contribution in [0.15, 0.2) is 67.1 Å². The molecular weight excluding hydrogens is 555 g/mol. The minimum absolute atomic E-state index is 0. The predicted molar refractivity (Wildman–Crippen MR) is 166 cm³/mol. The quantitative estimate of drug-likeness (QED) is 0.287. The van der Waals surface area contributed by atoms with Crippen LogP contribution in [-0.4, -0.2) is 63.6 Å². The summed E-state index contributed by atoms with van der Waals surface area (Å²) in [7, 11) is 2.22. The fourth-order valence-electron chi connectivity index (χ4n) is 5.82. The predicted octanol–water partition coefficient (Wildman–Crippen LogP) is 6.47. The van der Waals surface area contributed by atoms with Crippen molar-refractivity contribution < 1.29 is 4.74 Å². The van der Waals surface area contributed by atoms with Crippen molar-refractivity contribution in [3.63, 3.8) is 0 Å². The number of nitrogens with two attached hydrogens (primary N) is 1. The molecule has 210 valence electrons. The van der Waals surface area contributed by atoms with Gasteiger partial charge in [-0.15, -0.1) is 37.2 Å². The van der Waals surface area contributed by atoms with Crippen molar-refractivity contribution >= 4 is 54.1 Å². The van der Waals surface area contributed by atoms with E-state index in [2.05, 4.69) is 49.7 Å². The zero-order valence-corrected chi connectivity index (χ0v) is 24.6. The van der Waals surface area contributed by atoms with Crippen molar-refractivity contribution in [2.75, 3.05) is 39.0 Å². The van der Waals surface area contributed by atoms with Gasteiger partial charge in [0.2, 0.25) is 0 Å². The molecule has 2 fully saturated rings. The maximum Gasteiger partial charge on any atom is 0.146 e. The summed E-state index contributed by atoms with van der Waals surface area (Å²) in [6.45, 7) is 4.74. The molecule has 10 heteroatoms. The molecule has 0 radical (unpaired) electrons. The van der Waals surface area contributed by atoms with Crippen LogP contribution in [0, 0.1) is 0 Å². The summed E-state index contributed by atoms with van der Waals surface area (Å²) in [6.07, 6.45) is 8.61. The van der Waals surface area contributed by atoms with Gasteiger partial charge >= 0.3 is 0 Å². The van der Waals surface area contributed by atoms with Gasteiger partial charge in [-0.25, -0.2) is 9.97 Å². The number of nitrogens with zero attached hydrogens (tertiary/aromatic N) is 5. The maximum atomic E-state index is 6.40. The monoisotopic (exact) mass is 590 g/mol. The molecule has 1 saturated heterocycles. The van der Waals surface area contributed by atoms with E-state index in [9.17, 15) is 0 Å². The van der Waals surface area contributed by atoms with Crippen LogP contribution in [0.1, 0.15) is 31.7 Å². The molecule has 6 rings (SSSR count). The Hall–Kier alpha value is -2.55. The first-order valence-electron chi connectivity index (χ1n) is 13.0. The number of halogens is 3. The van der Waals surface area contributed by atoms with Gasteiger partial charge in [0.15, 0.2) is 0 Å². The number of rotatable bonds is 5. The Balaban J connectivity index is 0.00000140. The van der Waals surface area contributed by atoms with Crippen molar-refractivity contribution in [2.45, 2.75) is 37.8 Å². The lowest BCUT2D eigenvalue weighted by molar-refractivity contribution is 0.0828. The van der Waals surface area contributed by atoms with E-state index >= 15 is 0 Å². The number of fused-ring (bicyclic) bond motifs is 1. The van der Waals surface area contributed by atoms with E-state index in [1.165, 1.54) is 39.0 Å². The molecule has 0 bridgehead atoms. The molecule has 4 aromatic rings. The summed E-state index contributed by atoms with van der Waals surface area (Å²) in [5, 5.41) is 0.940. The van der Waals surface area contributed by atoms with E-state index in [-0.39, 0.29) is 37.2 Å². The molecule has 2 N–H and O–H groups in total. The van der Waals surface area contributed by atoms with Gasteiger partial charge in [0.25, 0.3) is 0 Å². The van der Waals surface area contributed by atoms with Gasteiger partial charge in [-0.3, -0.25) is 4.90 Å². The number of para-hydroxylation sites is 1. The number of hydrogen-bond donors (Lipinski definition) is 1. The lowest BCUT2D eigenvalue weighted by atomic mass is 9.89. The van der Waals surface area contributed by atoms with Gasteiger partial charge in [-0.05, 0) is 62.6 Å². The first-order valence-corrected chi connectivity index (χ1v) is 13.0. The lowest BCUT2D eigenvalue weighted by Crippen LogP contribution is -2.49. The lowest BCUT2D eigenvalue weighted by Gasteiger charge is -2.41. The Kier molecular flexibility index (Phi) is 10.9. The fraction of sp³-hybridized carbons (Fsp3) is 0.379. The molecule has 0 atom stereocenters. The minimum Gasteiger partial charge on any atom is -0.457 e. The molecule has 0 amide bonds. The molecule has 39 heavy (non-hydrogen) atoms. The molecule has 1 aliphatic heterocycles. The number of benzene rings is 2. The summed E-state index contributed by atoms with van der Waals surface area (Å²) in [5.41, 5.74) is 9.50. The van der Waals surface area contributed by atoms with E-state index in [1.807, 2.05) is 42.5 Å². The van der Waals surface area contributed by atoms with Gasteiger partial charge in [-0.2, -0.15) is 0 Å². The van der Waals surface area contributed by atoms with Gasteiger partial charge in [-0.1, -0.05) is 30.3 Å². The third-order valence-electron chi connectivity index (χ3n) is 7.90. The van der Waals surface area contributed by atoms with Crippen molar-refractivity contribution in [1.29, 1.82) is 0 Å². The Labute approximate surface area is 249 Å². The number of nitrogen functional groups attached to an aromatic ring is 1. The van der Waals surface area contributed by atoms with Crippen LogP contribution in [0.5, 0.6) is 11.5 Å². The summed E-state index contributed by atoms with van der Waals surface area (Å²) in [4.78, 5) is 14.1. The third kappa shape index (κ3) is 6.61. The zero-order valence-electron chi connectivity index (χ0n) is 22.1. The molecule has 2 aliphatic rings. The summed E-state index contributed by atoms with van der Waals surface area (Å²) in [5.74, 6) is 2.16. The van der Waals surface area contributed by atoms with Crippen molar-refractivity contribution in [3.05, 3.63) is 67.1 Å². The first kappa shape index (κ1) is 31.0. The van der Waals surface area contributed by atoms with Crippen LogP contribution in [0.25, 0.3) is 22.2 Å². The standard InChI is InChI=1S/C29H34N6O.3ClH/c1-33-15-17-34(18-16-33)22-9-11-23(12-10-22)35-19-26(27-28(30)31-20-32-29(27)35)21-7-13-25(14-8-21)36-24-5-3-2-4-6-24;;;/h2-8,13-14,19-20,22-23H,9-12,15-18H2,1H3,(H2,30,31,32);3*1H. The zero-order chi connectivity index (χ0) is 24.5. The Morgan fingerprint density at radius 3 is 2.05 bits per heavy atom. The van der Waals surface area contributed by atoms with Gasteiger partial charge < -0.3 is 19.9 Å². The van der Waals surface area contributed by atoms with Crippen molar-refractivity contribution in [2.24, 2.45) is 0 Å². The molecular formula is C29H37Cl3N6O. The summed E-state index contributed by atoms with van der Waals surface area (Å²) < 4.78 is 8.34. The number of hydrogen-bond acceptors (Lipinski definition) is 6. The van der Waals surface area contributed by atoms with Crippen LogP contribution in [-0.2, 0) is 0 Å². The molecule has 1 aliphatic carbocycles. The smallest absolute Gasteiger partial charge is 0.146 e. The highest BCUT2D eigenvalue weighted by Crippen LogP contribution is 2.39. The number of ether oxygens (including phenoxy) is 1. The van der Waals surface area contributed by atoms with E-state index in [0.29, 0.717) is 17.9 Å². The highest BCUT2D eigenvalue weighted by Gasteiger charge is 2.29. The van der Waals surface area contributed by atoms with Gasteiger partial charge in [0.05, 0.1) is 5.39 Å². The van der Waals surface area contributed by atoms with Crippen molar-refractivity contribution in [3.8, 4) is 22.6 Å². The van der Waals surface area contributed by atoms with E-state index in [0.717, 1.165) is 46.5 Å².